The minimum atomic E-state index is -4.15. The Hall–Kier alpha value is -0.670. The molecule has 0 spiro atoms. The summed E-state index contributed by atoms with van der Waals surface area (Å²) >= 11 is -3.65. The van der Waals surface area contributed by atoms with E-state index in [1.807, 2.05) is 0 Å². The van der Waals surface area contributed by atoms with Crippen molar-refractivity contribution in [1.29, 1.82) is 0 Å². The maximum Gasteiger partial charge on any atom is 0.600 e. The summed E-state index contributed by atoms with van der Waals surface area (Å²) in [5, 5.41) is 0.700. The van der Waals surface area contributed by atoms with Crippen molar-refractivity contribution in [2.45, 2.75) is 12.4 Å². The minimum Gasteiger partial charge on any atom is -0.405 e. The van der Waals surface area contributed by atoms with Crippen molar-refractivity contribution in [3.63, 3.8) is 0 Å². The van der Waals surface area contributed by atoms with Crippen LogP contribution in [-0.4, -0.2) is 0 Å². The molecule has 3 nitrogen and oxygen atoms in total. The van der Waals surface area contributed by atoms with Crippen LogP contribution in [0, 0.1) is 21.7 Å². The van der Waals surface area contributed by atoms with Gasteiger partial charge in [0.25, 0.3) is 0 Å². The van der Waals surface area contributed by atoms with Gasteiger partial charge < -0.3 is 12.6 Å². The molecule has 1 atom stereocenters. The molecule has 1 unspecified atom stereocenters. The van der Waals surface area contributed by atoms with Crippen LogP contribution in [0.25, 0.3) is 10.1 Å². The zero-order valence-corrected chi connectivity index (χ0v) is 11.4. The van der Waals surface area contributed by atoms with Crippen LogP contribution in [0.2, 0.25) is 0 Å². The van der Waals surface area contributed by atoms with E-state index in [0.717, 1.165) is 0 Å². The third kappa shape index (κ3) is 3.92. The number of halogens is 4. The number of hydrogen-bond donors (Lipinski definition) is 0. The Balaban J connectivity index is 0.000000357. The first-order valence-corrected chi connectivity index (χ1v) is 7.71. The minimum absolute atomic E-state index is 0.400. The number of thiophene rings is 1. The number of alkyl halides is 3. The highest BCUT2D eigenvalue weighted by molar-refractivity contribution is 7.38. The molecule has 8 heteroatoms. The predicted octanol–water partition coefficient (Wildman–Crippen LogP) is 0.807. The lowest BCUT2D eigenvalue weighted by Crippen LogP contribution is -2.42. The van der Waals surface area contributed by atoms with Gasteiger partial charge in [0.1, 0.15) is 0 Å². The molecule has 0 aliphatic heterocycles. The van der Waals surface area contributed by atoms with Gasteiger partial charge in [-0.25, -0.2) is 0 Å². The van der Waals surface area contributed by atoms with Crippen LogP contribution in [0.5, 0.6) is 0 Å². The molecule has 0 bridgehead atoms. The Morgan fingerprint density at radius 2 is 1.61 bits per heavy atom. The van der Waals surface area contributed by atoms with Gasteiger partial charge in [-0.3, -0.25) is 0 Å². The van der Waals surface area contributed by atoms with E-state index in [0.29, 0.717) is 15.0 Å². The molecule has 0 aliphatic rings. The molecule has 100 valence electrons. The van der Waals surface area contributed by atoms with E-state index < -0.39 is 30.8 Å². The quantitative estimate of drug-likeness (QED) is 0.664. The molecule has 0 amide bonds. The number of fused-ring (bicyclic) bond motifs is 1. The normalized spacial score (nSPS) is 12.6. The molecule has 0 N–H and O–H groups in total. The topological polar surface area (TPSA) is 69.2 Å². The second kappa shape index (κ2) is 5.98. The van der Waals surface area contributed by atoms with Gasteiger partial charge in [-0.2, -0.15) is 0 Å². The molecule has 18 heavy (non-hydrogen) atoms. The standard InChI is InChI=1S/C10H8F3S.BrO3/c1-7-6-8-4-2-3-5-9(8)14(7)10(11,12)13;2-1(3)4/h2-6H,1H3;/q+1;-1. The predicted molar refractivity (Wildman–Crippen MR) is 52.5 cm³/mol. The zero-order chi connectivity index (χ0) is 13.9. The van der Waals surface area contributed by atoms with E-state index in [9.17, 15) is 13.2 Å². The van der Waals surface area contributed by atoms with Gasteiger partial charge >= 0.3 is 5.51 Å². The smallest absolute Gasteiger partial charge is 0.405 e. The summed E-state index contributed by atoms with van der Waals surface area (Å²) in [4.78, 5) is 0.402. The second-order valence-corrected chi connectivity index (χ2v) is 6.19. The first kappa shape index (κ1) is 15.4. The lowest BCUT2D eigenvalue weighted by molar-refractivity contribution is -1.73. The number of hydrogen-bond acceptors (Lipinski definition) is 3. The monoisotopic (exact) mass is 344 g/mol. The summed E-state index contributed by atoms with van der Waals surface area (Å²) < 4.78 is 63.9. The fraction of sp³-hybridized carbons (Fsp3) is 0.200. The van der Waals surface area contributed by atoms with Crippen molar-refractivity contribution in [1.82, 2.24) is 0 Å². The van der Waals surface area contributed by atoms with Crippen LogP contribution in [-0.2, 0) is 5.51 Å². The summed E-state index contributed by atoms with van der Waals surface area (Å²) in [6, 6.07) is 8.30. The average molecular weight is 345 g/mol. The van der Waals surface area contributed by atoms with Crippen LogP contribution >= 0.6 is 10.5 Å². The molecule has 0 fully saturated rings. The first-order valence-electron chi connectivity index (χ1n) is 4.55. The van der Waals surface area contributed by atoms with E-state index in [1.165, 1.54) is 6.92 Å². The molecule has 0 radical (unpaired) electrons. The Morgan fingerprint density at radius 1 is 1.11 bits per heavy atom. The fourth-order valence-corrected chi connectivity index (χ4v) is 3.33. The Bertz CT molecular complexity index is 522. The summed E-state index contributed by atoms with van der Waals surface area (Å²) in [6.45, 7) is 1.54. The Labute approximate surface area is 109 Å². The van der Waals surface area contributed by atoms with Crippen molar-refractivity contribution >= 4 is 20.6 Å². The SMILES string of the molecule is Cc1cc2ccccc2[s+]1C(F)(F)F.[O-][Br+2]([O-])[O-]. The summed E-state index contributed by atoms with van der Waals surface area (Å²) in [6.07, 6.45) is 0. The molecule has 0 saturated carbocycles. The average Bonchev–Trinajstić information content (AvgIpc) is 2.51. The third-order valence-electron chi connectivity index (χ3n) is 2.05. The maximum atomic E-state index is 12.7. The highest BCUT2D eigenvalue weighted by atomic mass is 80.0. The lowest BCUT2D eigenvalue weighted by Gasteiger charge is -1.96. The van der Waals surface area contributed by atoms with E-state index in [-0.39, 0.29) is 0 Å². The van der Waals surface area contributed by atoms with Crippen LogP contribution in [0.15, 0.2) is 30.3 Å². The van der Waals surface area contributed by atoms with Gasteiger partial charge in [0.05, 0.1) is 10.5 Å². The Morgan fingerprint density at radius 3 is 2.11 bits per heavy atom. The molecule has 2 aromatic rings. The summed E-state index contributed by atoms with van der Waals surface area (Å²) in [5.41, 5.74) is -4.15. The fourth-order valence-electron chi connectivity index (χ4n) is 1.54. The van der Waals surface area contributed by atoms with Crippen molar-refractivity contribution in [2.24, 2.45) is 0 Å². The van der Waals surface area contributed by atoms with E-state index >= 15 is 0 Å². The van der Waals surface area contributed by atoms with Gasteiger partial charge in [-0.15, -0.1) is 13.2 Å². The Kier molecular flexibility index (Phi) is 5.11. The number of benzene rings is 1. The van der Waals surface area contributed by atoms with Gasteiger partial charge in [-0.1, -0.05) is 12.1 Å². The first-order chi connectivity index (χ1) is 8.23. The van der Waals surface area contributed by atoms with Gasteiger partial charge in [0.2, 0.25) is 14.8 Å². The summed E-state index contributed by atoms with van der Waals surface area (Å²) in [7, 11) is -1.70. The molecule has 1 aromatic heterocycles. The van der Waals surface area contributed by atoms with Crippen molar-refractivity contribution in [3.8, 4) is 0 Å². The van der Waals surface area contributed by atoms with E-state index in [4.69, 9.17) is 12.6 Å². The van der Waals surface area contributed by atoms with E-state index in [2.05, 4.69) is 0 Å². The molecule has 0 aliphatic carbocycles. The van der Waals surface area contributed by atoms with Crippen LogP contribution in [0.1, 0.15) is 4.88 Å². The molecule has 1 heterocycles. The van der Waals surface area contributed by atoms with Gasteiger partial charge in [0, 0.05) is 18.4 Å². The lowest BCUT2D eigenvalue weighted by atomic mass is 10.2. The van der Waals surface area contributed by atoms with Crippen molar-refractivity contribution in [3.05, 3.63) is 35.2 Å². The van der Waals surface area contributed by atoms with Crippen LogP contribution in [0.4, 0.5) is 13.2 Å². The summed E-state index contributed by atoms with van der Waals surface area (Å²) in [5.74, 6) is 0. The molecule has 1 aromatic carbocycles. The second-order valence-electron chi connectivity index (χ2n) is 3.23. The largest absolute Gasteiger partial charge is 0.600 e. The van der Waals surface area contributed by atoms with Crippen molar-refractivity contribution in [2.75, 3.05) is 0 Å². The highest BCUT2D eigenvalue weighted by Gasteiger charge is 2.46. The molecule has 2 rings (SSSR count). The third-order valence-corrected chi connectivity index (χ3v) is 4.09. The zero-order valence-electron chi connectivity index (χ0n) is 9.03. The van der Waals surface area contributed by atoms with Gasteiger partial charge in [-0.05, 0) is 12.1 Å². The van der Waals surface area contributed by atoms with Crippen LogP contribution < -0.4 is 12.6 Å². The highest BCUT2D eigenvalue weighted by Crippen LogP contribution is 2.50. The van der Waals surface area contributed by atoms with Crippen molar-refractivity contribution < 1.29 is 40.6 Å². The molecule has 0 saturated heterocycles. The van der Waals surface area contributed by atoms with E-state index in [1.54, 1.807) is 30.3 Å². The van der Waals surface area contributed by atoms with Crippen LogP contribution in [0.3, 0.4) is 0 Å². The maximum absolute atomic E-state index is 12.7. The molecular formula is C10H8BrF3O3S. The number of aryl methyl sites for hydroxylation is 1. The molecular weight excluding hydrogens is 337 g/mol. The van der Waals surface area contributed by atoms with Gasteiger partial charge in [0.15, 0.2) is 9.58 Å². The number of rotatable bonds is 0.